The van der Waals surface area contributed by atoms with Crippen LogP contribution in [0.2, 0.25) is 0 Å². The molecule has 0 saturated heterocycles. The lowest BCUT2D eigenvalue weighted by atomic mass is 10.1. The van der Waals surface area contributed by atoms with Crippen LogP contribution >= 0.6 is 0 Å². The Morgan fingerprint density at radius 1 is 1.33 bits per heavy atom. The van der Waals surface area contributed by atoms with Crippen LogP contribution in [0.25, 0.3) is 0 Å². The molecule has 126 valence electrons. The minimum atomic E-state index is -4.79. The van der Waals surface area contributed by atoms with Crippen molar-refractivity contribution in [1.82, 2.24) is 10.3 Å². The first kappa shape index (κ1) is 17.4. The Labute approximate surface area is 134 Å². The number of halogens is 3. The second kappa shape index (κ2) is 6.65. The van der Waals surface area contributed by atoms with Crippen LogP contribution in [0.5, 0.6) is 0 Å². The number of nitro groups is 1. The number of amides is 1. The summed E-state index contributed by atoms with van der Waals surface area (Å²) in [5.74, 6) is -0.853. The molecule has 0 aliphatic heterocycles. The van der Waals surface area contributed by atoms with Crippen molar-refractivity contribution in [2.24, 2.45) is 0 Å². The topological polar surface area (TPSA) is 85.1 Å². The first-order valence-corrected chi connectivity index (χ1v) is 6.74. The minimum Gasteiger partial charge on any atom is -0.346 e. The van der Waals surface area contributed by atoms with E-state index in [9.17, 15) is 28.1 Å². The molecule has 0 atom stereocenters. The van der Waals surface area contributed by atoms with Crippen molar-refractivity contribution in [3.63, 3.8) is 0 Å². The molecule has 0 bridgehead atoms. The van der Waals surface area contributed by atoms with Crippen molar-refractivity contribution >= 4 is 11.6 Å². The molecule has 0 fully saturated rings. The first-order valence-electron chi connectivity index (χ1n) is 6.74. The van der Waals surface area contributed by atoms with Gasteiger partial charge in [-0.3, -0.25) is 19.9 Å². The summed E-state index contributed by atoms with van der Waals surface area (Å²) in [6.45, 7) is 1.76. The van der Waals surface area contributed by atoms with E-state index in [0.717, 1.165) is 11.6 Å². The molecule has 1 heterocycles. The SMILES string of the molecule is Cc1cccnc1CNC(=O)c1cc([N+](=O)[O-])cc(C(F)(F)F)c1. The highest BCUT2D eigenvalue weighted by atomic mass is 19.4. The predicted molar refractivity (Wildman–Crippen MR) is 78.2 cm³/mol. The highest BCUT2D eigenvalue weighted by Crippen LogP contribution is 2.32. The average Bonchev–Trinajstić information content (AvgIpc) is 2.52. The Balaban J connectivity index is 2.27. The van der Waals surface area contributed by atoms with Gasteiger partial charge in [0, 0.05) is 23.9 Å². The van der Waals surface area contributed by atoms with Crippen LogP contribution in [0.4, 0.5) is 18.9 Å². The number of benzene rings is 1. The second-order valence-corrected chi connectivity index (χ2v) is 4.97. The molecule has 24 heavy (non-hydrogen) atoms. The fourth-order valence-corrected chi connectivity index (χ4v) is 1.98. The maximum absolute atomic E-state index is 12.8. The molecule has 2 rings (SSSR count). The van der Waals surface area contributed by atoms with Gasteiger partial charge in [0.2, 0.25) is 0 Å². The molecule has 2 aromatic rings. The largest absolute Gasteiger partial charge is 0.416 e. The zero-order valence-electron chi connectivity index (χ0n) is 12.4. The number of nitrogens with one attached hydrogen (secondary N) is 1. The Morgan fingerprint density at radius 2 is 2.04 bits per heavy atom. The fourth-order valence-electron chi connectivity index (χ4n) is 1.98. The Bertz CT molecular complexity index is 791. The van der Waals surface area contributed by atoms with E-state index < -0.39 is 33.8 Å². The molecule has 0 aliphatic rings. The first-order chi connectivity index (χ1) is 11.2. The molecule has 1 aromatic heterocycles. The van der Waals surface area contributed by atoms with Crippen molar-refractivity contribution in [2.45, 2.75) is 19.6 Å². The quantitative estimate of drug-likeness (QED) is 0.684. The molecule has 1 aromatic carbocycles. The third-order valence-corrected chi connectivity index (χ3v) is 3.25. The number of rotatable bonds is 4. The summed E-state index contributed by atoms with van der Waals surface area (Å²) >= 11 is 0. The highest BCUT2D eigenvalue weighted by molar-refractivity contribution is 5.95. The van der Waals surface area contributed by atoms with Crippen molar-refractivity contribution in [3.8, 4) is 0 Å². The highest BCUT2D eigenvalue weighted by Gasteiger charge is 2.33. The number of carbonyl (C=O) groups excluding carboxylic acids is 1. The summed E-state index contributed by atoms with van der Waals surface area (Å²) < 4.78 is 38.4. The Kier molecular flexibility index (Phi) is 4.82. The lowest BCUT2D eigenvalue weighted by Crippen LogP contribution is -2.24. The van der Waals surface area contributed by atoms with E-state index in [4.69, 9.17) is 0 Å². The smallest absolute Gasteiger partial charge is 0.346 e. The predicted octanol–water partition coefficient (Wildman–Crippen LogP) is 3.25. The third kappa shape index (κ3) is 4.06. The normalized spacial score (nSPS) is 11.2. The number of non-ortho nitro benzene ring substituents is 1. The van der Waals surface area contributed by atoms with Gasteiger partial charge in [0.1, 0.15) is 0 Å². The van der Waals surface area contributed by atoms with Crippen molar-refractivity contribution in [2.75, 3.05) is 0 Å². The van der Waals surface area contributed by atoms with Crippen molar-refractivity contribution in [3.05, 3.63) is 69.0 Å². The van der Waals surface area contributed by atoms with E-state index >= 15 is 0 Å². The number of aryl methyl sites for hydroxylation is 1. The molecule has 6 nitrogen and oxygen atoms in total. The summed E-state index contributed by atoms with van der Waals surface area (Å²) in [5, 5.41) is 13.2. The maximum atomic E-state index is 12.8. The monoisotopic (exact) mass is 339 g/mol. The van der Waals surface area contributed by atoms with E-state index in [0.29, 0.717) is 17.8 Å². The van der Waals surface area contributed by atoms with E-state index in [1.807, 2.05) is 0 Å². The molecule has 0 unspecified atom stereocenters. The van der Waals surface area contributed by atoms with Crippen molar-refractivity contribution < 1.29 is 22.9 Å². The fraction of sp³-hybridized carbons (Fsp3) is 0.200. The van der Waals surface area contributed by atoms with Gasteiger partial charge >= 0.3 is 6.18 Å². The summed E-state index contributed by atoms with van der Waals surface area (Å²) in [5.41, 5.74) is -1.15. The number of hydrogen-bond acceptors (Lipinski definition) is 4. The summed E-state index contributed by atoms with van der Waals surface area (Å²) in [6, 6.07) is 5.24. The van der Waals surface area contributed by atoms with E-state index in [1.54, 1.807) is 19.1 Å². The third-order valence-electron chi connectivity index (χ3n) is 3.25. The van der Waals surface area contributed by atoms with Crippen LogP contribution in [0.1, 0.15) is 27.2 Å². The van der Waals surface area contributed by atoms with Gasteiger partial charge in [-0.25, -0.2) is 0 Å². The van der Waals surface area contributed by atoms with Crippen LogP contribution in [-0.2, 0) is 12.7 Å². The van der Waals surface area contributed by atoms with Gasteiger partial charge in [-0.15, -0.1) is 0 Å². The number of aromatic nitrogens is 1. The van der Waals surface area contributed by atoms with Gasteiger partial charge in [-0.05, 0) is 24.6 Å². The summed E-state index contributed by atoms with van der Waals surface area (Å²) in [6.07, 6.45) is -3.28. The van der Waals surface area contributed by atoms with Gasteiger partial charge in [-0.2, -0.15) is 13.2 Å². The number of hydrogen-bond donors (Lipinski definition) is 1. The number of nitrogens with zero attached hydrogens (tertiary/aromatic N) is 2. The number of pyridine rings is 1. The maximum Gasteiger partial charge on any atom is 0.416 e. The molecule has 1 amide bonds. The molecular formula is C15H12F3N3O3. The van der Waals surface area contributed by atoms with Gasteiger partial charge in [0.05, 0.1) is 22.7 Å². The zero-order chi connectivity index (χ0) is 17.9. The van der Waals surface area contributed by atoms with Gasteiger partial charge in [0.25, 0.3) is 11.6 Å². The van der Waals surface area contributed by atoms with Crippen LogP contribution in [0.3, 0.4) is 0 Å². The lowest BCUT2D eigenvalue weighted by molar-refractivity contribution is -0.385. The van der Waals surface area contributed by atoms with E-state index in [2.05, 4.69) is 10.3 Å². The van der Waals surface area contributed by atoms with E-state index in [1.165, 1.54) is 6.20 Å². The Hall–Kier alpha value is -2.97. The molecule has 9 heteroatoms. The van der Waals surface area contributed by atoms with Crippen LogP contribution < -0.4 is 5.32 Å². The van der Waals surface area contributed by atoms with Gasteiger partial charge in [0.15, 0.2) is 0 Å². The summed E-state index contributed by atoms with van der Waals surface area (Å²) in [4.78, 5) is 25.9. The Morgan fingerprint density at radius 3 is 2.62 bits per heavy atom. The van der Waals surface area contributed by atoms with Crippen LogP contribution in [0.15, 0.2) is 36.5 Å². The number of alkyl halides is 3. The molecule has 0 aliphatic carbocycles. The van der Waals surface area contributed by atoms with Crippen LogP contribution in [-0.4, -0.2) is 15.8 Å². The number of nitro benzene ring substituents is 1. The molecular weight excluding hydrogens is 327 g/mol. The number of carbonyl (C=O) groups is 1. The van der Waals surface area contributed by atoms with Crippen LogP contribution in [0, 0.1) is 17.0 Å². The van der Waals surface area contributed by atoms with E-state index in [-0.39, 0.29) is 6.54 Å². The van der Waals surface area contributed by atoms with Crippen molar-refractivity contribution in [1.29, 1.82) is 0 Å². The minimum absolute atomic E-state index is 0.00441. The average molecular weight is 339 g/mol. The molecule has 0 saturated carbocycles. The van der Waals surface area contributed by atoms with Gasteiger partial charge in [-0.1, -0.05) is 6.07 Å². The summed E-state index contributed by atoms with van der Waals surface area (Å²) in [7, 11) is 0. The second-order valence-electron chi connectivity index (χ2n) is 4.97. The standard InChI is InChI=1S/C15H12F3N3O3/c1-9-3-2-4-19-13(9)8-20-14(22)10-5-11(15(16,17)18)7-12(6-10)21(23)24/h2-7H,8H2,1H3,(H,20,22). The molecule has 0 radical (unpaired) electrons. The lowest BCUT2D eigenvalue weighted by Gasteiger charge is -2.10. The molecule has 0 spiro atoms. The zero-order valence-corrected chi connectivity index (χ0v) is 12.4. The molecule has 1 N–H and O–H groups in total. The van der Waals surface area contributed by atoms with Gasteiger partial charge < -0.3 is 5.32 Å².